The average Bonchev–Trinajstić information content (AvgIpc) is 2.35. The van der Waals surface area contributed by atoms with Gasteiger partial charge in [-0.25, -0.2) is 0 Å². The monoisotopic (exact) mass is 227 g/mol. The average molecular weight is 227 g/mol. The van der Waals surface area contributed by atoms with Crippen molar-refractivity contribution in [1.29, 1.82) is 0 Å². The summed E-state index contributed by atoms with van der Waals surface area (Å²) in [5, 5.41) is 9.75. The molecule has 90 valence electrons. The first-order valence-electron chi connectivity index (χ1n) is 5.30. The highest BCUT2D eigenvalue weighted by molar-refractivity contribution is 5.81. The summed E-state index contributed by atoms with van der Waals surface area (Å²) in [6.45, 7) is 2.38. The molecule has 0 bridgehead atoms. The smallest absolute Gasteiger partial charge is 0.326 e. The summed E-state index contributed by atoms with van der Waals surface area (Å²) in [7, 11) is 1.39. The van der Waals surface area contributed by atoms with Crippen molar-refractivity contribution in [2.45, 2.75) is 18.4 Å². The van der Waals surface area contributed by atoms with Crippen molar-refractivity contribution in [3.05, 3.63) is 10.4 Å². The Labute approximate surface area is 94.2 Å². The Bertz CT molecular complexity index is 282. The molecule has 7 heteroatoms. The summed E-state index contributed by atoms with van der Waals surface area (Å²) in [5.41, 5.74) is 7.53. The third kappa shape index (κ3) is 3.10. The second-order valence-corrected chi connectivity index (χ2v) is 3.70. The minimum Gasteiger partial charge on any atom is -0.468 e. The van der Waals surface area contributed by atoms with Crippen LogP contribution in [0.4, 0.5) is 0 Å². The van der Waals surface area contributed by atoms with Gasteiger partial charge in [-0.15, -0.1) is 0 Å². The van der Waals surface area contributed by atoms with Crippen LogP contribution in [0, 0.1) is 0 Å². The zero-order chi connectivity index (χ0) is 11.9. The summed E-state index contributed by atoms with van der Waals surface area (Å²) in [6, 6.07) is 0. The molecule has 0 spiro atoms. The van der Waals surface area contributed by atoms with Gasteiger partial charge in [0, 0.05) is 18.0 Å². The van der Waals surface area contributed by atoms with E-state index in [4.69, 9.17) is 10.3 Å². The number of rotatable bonds is 5. The number of azide groups is 1. The second kappa shape index (κ2) is 6.32. The van der Waals surface area contributed by atoms with Crippen LogP contribution in [0.2, 0.25) is 0 Å². The number of hydrogen-bond donors (Lipinski definition) is 2. The Morgan fingerprint density at radius 2 is 2.31 bits per heavy atom. The van der Waals surface area contributed by atoms with Crippen LogP contribution in [-0.2, 0) is 9.53 Å². The lowest BCUT2D eigenvalue weighted by Crippen LogP contribution is -2.58. The molecule has 0 aromatic heterocycles. The number of nitrogens with one attached hydrogen (secondary N) is 2. The van der Waals surface area contributed by atoms with Gasteiger partial charge in [0.1, 0.15) is 5.54 Å². The Balaban J connectivity index is 2.55. The van der Waals surface area contributed by atoms with Gasteiger partial charge < -0.3 is 15.4 Å². The molecule has 0 amide bonds. The SMILES string of the molecule is COC(=O)C1(NCCN=[N+]=[N-])CCNCC1. The van der Waals surface area contributed by atoms with Crippen LogP contribution < -0.4 is 10.6 Å². The number of hydrogen-bond acceptors (Lipinski definition) is 5. The van der Waals surface area contributed by atoms with E-state index in [0.29, 0.717) is 25.9 Å². The Hall–Kier alpha value is -1.30. The number of esters is 1. The van der Waals surface area contributed by atoms with Crippen molar-refractivity contribution in [2.75, 3.05) is 33.3 Å². The summed E-state index contributed by atoms with van der Waals surface area (Å²) in [5.74, 6) is -0.241. The minimum atomic E-state index is -0.620. The largest absolute Gasteiger partial charge is 0.468 e. The fraction of sp³-hybridized carbons (Fsp3) is 0.889. The van der Waals surface area contributed by atoms with Gasteiger partial charge in [0.15, 0.2) is 0 Å². The predicted octanol–water partition coefficient (Wildman–Crippen LogP) is 0.181. The Morgan fingerprint density at radius 1 is 1.62 bits per heavy atom. The highest BCUT2D eigenvalue weighted by Crippen LogP contribution is 2.19. The molecule has 0 aromatic carbocycles. The van der Waals surface area contributed by atoms with Gasteiger partial charge in [-0.1, -0.05) is 5.11 Å². The second-order valence-electron chi connectivity index (χ2n) is 3.70. The van der Waals surface area contributed by atoms with Gasteiger partial charge in [0.25, 0.3) is 0 Å². The van der Waals surface area contributed by atoms with Crippen LogP contribution in [-0.4, -0.2) is 44.8 Å². The van der Waals surface area contributed by atoms with E-state index in [1.807, 2.05) is 0 Å². The molecule has 1 aliphatic heterocycles. The lowest BCUT2D eigenvalue weighted by molar-refractivity contribution is -0.149. The van der Waals surface area contributed by atoms with Crippen molar-refractivity contribution in [3.63, 3.8) is 0 Å². The molecular weight excluding hydrogens is 210 g/mol. The molecule has 1 fully saturated rings. The molecule has 1 saturated heterocycles. The lowest BCUT2D eigenvalue weighted by Gasteiger charge is -2.35. The fourth-order valence-corrected chi connectivity index (χ4v) is 1.89. The number of ether oxygens (including phenoxy) is 1. The third-order valence-electron chi connectivity index (χ3n) is 2.77. The van der Waals surface area contributed by atoms with Crippen molar-refractivity contribution >= 4 is 5.97 Å². The summed E-state index contributed by atoms with van der Waals surface area (Å²) >= 11 is 0. The van der Waals surface area contributed by atoms with Crippen molar-refractivity contribution in [2.24, 2.45) is 5.11 Å². The fourth-order valence-electron chi connectivity index (χ4n) is 1.89. The van der Waals surface area contributed by atoms with Gasteiger partial charge in [0.05, 0.1) is 7.11 Å². The van der Waals surface area contributed by atoms with E-state index >= 15 is 0 Å². The van der Waals surface area contributed by atoms with Gasteiger partial charge >= 0.3 is 5.97 Å². The number of carbonyl (C=O) groups excluding carboxylic acids is 1. The first-order valence-corrected chi connectivity index (χ1v) is 5.30. The van der Waals surface area contributed by atoms with Crippen LogP contribution in [0.5, 0.6) is 0 Å². The maximum Gasteiger partial charge on any atom is 0.326 e. The molecule has 16 heavy (non-hydrogen) atoms. The predicted molar refractivity (Wildman–Crippen MR) is 58.9 cm³/mol. The van der Waals surface area contributed by atoms with E-state index in [1.165, 1.54) is 7.11 Å². The summed E-state index contributed by atoms with van der Waals surface area (Å²) in [6.07, 6.45) is 1.38. The zero-order valence-electron chi connectivity index (χ0n) is 9.40. The van der Waals surface area contributed by atoms with E-state index in [0.717, 1.165) is 13.1 Å². The molecule has 1 rings (SSSR count). The van der Waals surface area contributed by atoms with Crippen LogP contribution in [0.1, 0.15) is 12.8 Å². The number of piperidine rings is 1. The maximum absolute atomic E-state index is 11.7. The van der Waals surface area contributed by atoms with Gasteiger partial charge in [-0.2, -0.15) is 0 Å². The lowest BCUT2D eigenvalue weighted by atomic mass is 9.88. The summed E-state index contributed by atoms with van der Waals surface area (Å²) in [4.78, 5) is 14.4. The molecule has 2 N–H and O–H groups in total. The van der Waals surface area contributed by atoms with E-state index in [2.05, 4.69) is 20.7 Å². The Morgan fingerprint density at radius 3 is 2.88 bits per heavy atom. The number of nitrogens with zero attached hydrogens (tertiary/aromatic N) is 3. The molecule has 7 nitrogen and oxygen atoms in total. The Kier molecular flexibility index (Phi) is 5.04. The minimum absolute atomic E-state index is 0.241. The first kappa shape index (κ1) is 12.8. The van der Waals surface area contributed by atoms with Crippen molar-refractivity contribution in [1.82, 2.24) is 10.6 Å². The number of methoxy groups -OCH3 is 1. The van der Waals surface area contributed by atoms with Crippen molar-refractivity contribution in [3.8, 4) is 0 Å². The van der Waals surface area contributed by atoms with E-state index in [-0.39, 0.29) is 5.97 Å². The van der Waals surface area contributed by atoms with Crippen LogP contribution in [0.3, 0.4) is 0 Å². The first-order chi connectivity index (χ1) is 7.75. The molecule has 1 heterocycles. The number of carbonyl (C=O) groups is 1. The van der Waals surface area contributed by atoms with Gasteiger partial charge in [-0.3, -0.25) is 4.79 Å². The molecule has 1 aliphatic rings. The standard InChI is InChI=1S/C9H17N5O2/c1-16-8(15)9(2-4-11-5-3-9)12-6-7-13-14-10/h11-12H,2-7H2,1H3. The van der Waals surface area contributed by atoms with Crippen LogP contribution in [0.15, 0.2) is 5.11 Å². The van der Waals surface area contributed by atoms with Crippen molar-refractivity contribution < 1.29 is 9.53 Å². The quantitative estimate of drug-likeness (QED) is 0.230. The molecule has 0 radical (unpaired) electrons. The van der Waals surface area contributed by atoms with Crippen LogP contribution >= 0.6 is 0 Å². The third-order valence-corrected chi connectivity index (χ3v) is 2.77. The highest BCUT2D eigenvalue weighted by Gasteiger charge is 2.39. The van der Waals surface area contributed by atoms with E-state index < -0.39 is 5.54 Å². The van der Waals surface area contributed by atoms with Gasteiger partial charge in [0.2, 0.25) is 0 Å². The maximum atomic E-state index is 11.7. The van der Waals surface area contributed by atoms with Gasteiger partial charge in [-0.05, 0) is 31.5 Å². The van der Waals surface area contributed by atoms with E-state index in [9.17, 15) is 4.79 Å². The zero-order valence-corrected chi connectivity index (χ0v) is 9.40. The highest BCUT2D eigenvalue weighted by atomic mass is 16.5. The molecule has 0 aliphatic carbocycles. The molecule has 0 atom stereocenters. The normalized spacial score (nSPS) is 18.6. The summed E-state index contributed by atoms with van der Waals surface area (Å²) < 4.78 is 4.82. The molecular formula is C9H17N5O2. The molecule has 0 aromatic rings. The molecule has 0 saturated carbocycles. The molecule has 0 unspecified atom stereocenters. The topological polar surface area (TPSA) is 99.1 Å². The van der Waals surface area contributed by atoms with Crippen LogP contribution in [0.25, 0.3) is 10.4 Å². The van der Waals surface area contributed by atoms with E-state index in [1.54, 1.807) is 0 Å².